The van der Waals surface area contributed by atoms with Crippen molar-refractivity contribution in [2.24, 2.45) is 0 Å². The molecule has 0 saturated carbocycles. The zero-order chi connectivity index (χ0) is 12.6. The highest BCUT2D eigenvalue weighted by molar-refractivity contribution is 5.68. The van der Waals surface area contributed by atoms with Gasteiger partial charge in [0.25, 0.3) is 0 Å². The summed E-state index contributed by atoms with van der Waals surface area (Å²) in [6.07, 6.45) is 2.82. The molecule has 16 heavy (non-hydrogen) atoms. The monoisotopic (exact) mass is 231 g/mol. The Morgan fingerprint density at radius 1 is 1.25 bits per heavy atom. The number of hydrogen-bond donors (Lipinski definition) is 1. The first-order valence-electron chi connectivity index (χ1n) is 5.99. The quantitative estimate of drug-likeness (QED) is 0.714. The van der Waals surface area contributed by atoms with Crippen LogP contribution in [0.5, 0.6) is 0 Å². The third-order valence-electron chi connectivity index (χ3n) is 2.05. The molecule has 4 nitrogen and oxygen atoms in total. The van der Waals surface area contributed by atoms with E-state index in [4.69, 9.17) is 9.84 Å². The van der Waals surface area contributed by atoms with E-state index in [2.05, 4.69) is 6.92 Å². The second kappa shape index (κ2) is 7.49. The smallest absolute Gasteiger partial charge is 0.410 e. The van der Waals surface area contributed by atoms with Crippen LogP contribution in [-0.4, -0.2) is 41.4 Å². The second-order valence-corrected chi connectivity index (χ2v) is 4.90. The van der Waals surface area contributed by atoms with Gasteiger partial charge in [0.1, 0.15) is 5.60 Å². The molecule has 0 aromatic carbocycles. The molecule has 0 radical (unpaired) electrons. The van der Waals surface area contributed by atoms with Crippen molar-refractivity contribution in [3.8, 4) is 0 Å². The minimum absolute atomic E-state index is 0.0225. The van der Waals surface area contributed by atoms with E-state index in [-0.39, 0.29) is 12.7 Å². The van der Waals surface area contributed by atoms with E-state index in [9.17, 15) is 4.79 Å². The molecular formula is C12H25NO3. The molecule has 0 saturated heterocycles. The van der Waals surface area contributed by atoms with E-state index < -0.39 is 5.60 Å². The average Bonchev–Trinajstić information content (AvgIpc) is 2.14. The largest absolute Gasteiger partial charge is 0.444 e. The molecule has 0 atom stereocenters. The fourth-order valence-electron chi connectivity index (χ4n) is 1.29. The van der Waals surface area contributed by atoms with Gasteiger partial charge in [-0.3, -0.25) is 0 Å². The summed E-state index contributed by atoms with van der Waals surface area (Å²) in [5, 5.41) is 8.89. The Morgan fingerprint density at radius 2 is 1.88 bits per heavy atom. The molecule has 1 amide bonds. The molecule has 0 aliphatic carbocycles. The number of ether oxygens (including phenoxy) is 1. The number of hydrogen-bond acceptors (Lipinski definition) is 3. The molecule has 96 valence electrons. The molecule has 0 aromatic rings. The Labute approximate surface area is 98.6 Å². The maximum absolute atomic E-state index is 11.7. The highest BCUT2D eigenvalue weighted by Gasteiger charge is 2.21. The zero-order valence-corrected chi connectivity index (χ0v) is 11.0. The molecule has 0 bridgehead atoms. The lowest BCUT2D eigenvalue weighted by Gasteiger charge is -2.26. The molecule has 0 aliphatic rings. The van der Waals surface area contributed by atoms with E-state index >= 15 is 0 Å². The highest BCUT2D eigenvalue weighted by atomic mass is 16.6. The normalized spacial score (nSPS) is 11.3. The fourth-order valence-corrected chi connectivity index (χ4v) is 1.29. The van der Waals surface area contributed by atoms with E-state index in [0.717, 1.165) is 19.3 Å². The molecule has 0 aromatic heterocycles. The predicted molar refractivity (Wildman–Crippen MR) is 64.4 cm³/mol. The standard InChI is InChI=1S/C12H25NO3/c1-5-6-7-8-13(9-10-14)11(15)16-12(2,3)4/h14H,5-10H2,1-4H3. The molecule has 0 heterocycles. The highest BCUT2D eigenvalue weighted by Crippen LogP contribution is 2.10. The van der Waals surface area contributed by atoms with Gasteiger partial charge in [0.15, 0.2) is 0 Å². The predicted octanol–water partition coefficient (Wildman–Crippen LogP) is 2.41. The Balaban J connectivity index is 4.12. The van der Waals surface area contributed by atoms with Gasteiger partial charge in [0, 0.05) is 13.1 Å². The minimum Gasteiger partial charge on any atom is -0.444 e. The van der Waals surface area contributed by atoms with Crippen molar-refractivity contribution in [2.75, 3.05) is 19.7 Å². The summed E-state index contributed by atoms with van der Waals surface area (Å²) >= 11 is 0. The molecule has 4 heteroatoms. The number of carbonyl (C=O) groups excluding carboxylic acids is 1. The summed E-state index contributed by atoms with van der Waals surface area (Å²) in [5.41, 5.74) is -0.477. The first kappa shape index (κ1) is 15.2. The Bertz CT molecular complexity index is 199. The summed E-state index contributed by atoms with van der Waals surface area (Å²) in [4.78, 5) is 13.3. The van der Waals surface area contributed by atoms with Gasteiger partial charge < -0.3 is 14.7 Å². The molecule has 1 N–H and O–H groups in total. The van der Waals surface area contributed by atoms with Gasteiger partial charge in [-0.1, -0.05) is 19.8 Å². The minimum atomic E-state index is -0.477. The Hall–Kier alpha value is -0.770. The number of carbonyl (C=O) groups is 1. The van der Waals surface area contributed by atoms with Crippen molar-refractivity contribution in [3.05, 3.63) is 0 Å². The van der Waals surface area contributed by atoms with Crippen LogP contribution in [0.25, 0.3) is 0 Å². The lowest BCUT2D eigenvalue weighted by molar-refractivity contribution is 0.0216. The van der Waals surface area contributed by atoms with Crippen LogP contribution < -0.4 is 0 Å². The van der Waals surface area contributed by atoms with Crippen molar-refractivity contribution >= 4 is 6.09 Å². The summed E-state index contributed by atoms with van der Waals surface area (Å²) < 4.78 is 5.26. The van der Waals surface area contributed by atoms with Crippen LogP contribution in [0.2, 0.25) is 0 Å². The molecule has 0 unspecified atom stereocenters. The van der Waals surface area contributed by atoms with E-state index in [1.807, 2.05) is 20.8 Å². The van der Waals surface area contributed by atoms with Crippen molar-refractivity contribution in [3.63, 3.8) is 0 Å². The molecule has 0 aliphatic heterocycles. The van der Waals surface area contributed by atoms with E-state index in [0.29, 0.717) is 13.1 Å². The molecule has 0 spiro atoms. The van der Waals surface area contributed by atoms with Crippen LogP contribution in [0.15, 0.2) is 0 Å². The van der Waals surface area contributed by atoms with Crippen LogP contribution >= 0.6 is 0 Å². The second-order valence-electron chi connectivity index (χ2n) is 4.90. The molecular weight excluding hydrogens is 206 g/mol. The topological polar surface area (TPSA) is 49.8 Å². The number of amides is 1. The van der Waals surface area contributed by atoms with Crippen LogP contribution in [0, 0.1) is 0 Å². The van der Waals surface area contributed by atoms with Gasteiger partial charge in [-0.2, -0.15) is 0 Å². The first-order valence-corrected chi connectivity index (χ1v) is 5.99. The summed E-state index contributed by atoms with van der Waals surface area (Å²) in [6.45, 7) is 8.62. The van der Waals surface area contributed by atoms with Crippen LogP contribution in [0.1, 0.15) is 47.0 Å². The lowest BCUT2D eigenvalue weighted by atomic mass is 10.2. The van der Waals surface area contributed by atoms with Crippen LogP contribution in [0.3, 0.4) is 0 Å². The lowest BCUT2D eigenvalue weighted by Crippen LogP contribution is -2.39. The van der Waals surface area contributed by atoms with Gasteiger partial charge in [-0.25, -0.2) is 4.79 Å². The van der Waals surface area contributed by atoms with E-state index in [1.165, 1.54) is 0 Å². The maximum Gasteiger partial charge on any atom is 0.410 e. The molecule has 0 rings (SSSR count). The number of unbranched alkanes of at least 4 members (excludes halogenated alkanes) is 2. The summed E-state index contributed by atoms with van der Waals surface area (Å²) in [7, 11) is 0. The number of aliphatic hydroxyl groups excluding tert-OH is 1. The Kier molecular flexibility index (Phi) is 7.13. The maximum atomic E-state index is 11.7. The van der Waals surface area contributed by atoms with E-state index in [1.54, 1.807) is 4.90 Å². The molecule has 0 fully saturated rings. The summed E-state index contributed by atoms with van der Waals surface area (Å²) in [5.74, 6) is 0. The number of nitrogens with zero attached hydrogens (tertiary/aromatic N) is 1. The fraction of sp³-hybridized carbons (Fsp3) is 0.917. The number of aliphatic hydroxyl groups is 1. The van der Waals surface area contributed by atoms with Gasteiger partial charge in [-0.15, -0.1) is 0 Å². The van der Waals surface area contributed by atoms with Crippen LogP contribution in [0.4, 0.5) is 4.79 Å². The van der Waals surface area contributed by atoms with Crippen molar-refractivity contribution in [1.29, 1.82) is 0 Å². The number of rotatable bonds is 6. The van der Waals surface area contributed by atoms with Crippen LogP contribution in [-0.2, 0) is 4.74 Å². The van der Waals surface area contributed by atoms with Crippen molar-refractivity contribution in [2.45, 2.75) is 52.6 Å². The SMILES string of the molecule is CCCCCN(CCO)C(=O)OC(C)(C)C. The van der Waals surface area contributed by atoms with Gasteiger partial charge >= 0.3 is 6.09 Å². The Morgan fingerprint density at radius 3 is 2.31 bits per heavy atom. The third-order valence-corrected chi connectivity index (χ3v) is 2.05. The first-order chi connectivity index (χ1) is 7.40. The average molecular weight is 231 g/mol. The van der Waals surface area contributed by atoms with Gasteiger partial charge in [0.2, 0.25) is 0 Å². The van der Waals surface area contributed by atoms with Gasteiger partial charge in [0.05, 0.1) is 6.61 Å². The van der Waals surface area contributed by atoms with Gasteiger partial charge in [-0.05, 0) is 27.2 Å². The van der Waals surface area contributed by atoms with Crippen molar-refractivity contribution < 1.29 is 14.6 Å². The third kappa shape index (κ3) is 7.51. The zero-order valence-electron chi connectivity index (χ0n) is 11.0. The van der Waals surface area contributed by atoms with Crippen molar-refractivity contribution in [1.82, 2.24) is 4.90 Å². The summed E-state index contributed by atoms with van der Waals surface area (Å²) in [6, 6.07) is 0.